The molecule has 1 aliphatic heterocycles. The zero-order chi connectivity index (χ0) is 27.0. The van der Waals surface area contributed by atoms with E-state index in [0.29, 0.717) is 37.0 Å². The highest BCUT2D eigenvalue weighted by atomic mass is 32.2. The molecule has 0 aromatic heterocycles. The van der Waals surface area contributed by atoms with E-state index < -0.39 is 28.5 Å². The highest BCUT2D eigenvalue weighted by molar-refractivity contribution is 7.92. The van der Waals surface area contributed by atoms with Crippen molar-refractivity contribution in [1.82, 2.24) is 10.2 Å². The van der Waals surface area contributed by atoms with Crippen LogP contribution in [0.4, 0.5) is 5.69 Å². The van der Waals surface area contributed by atoms with Crippen molar-refractivity contribution in [2.24, 2.45) is 0 Å². The number of sulfonamides is 1. The molecular weight excluding hydrogens is 498 g/mol. The van der Waals surface area contributed by atoms with Crippen LogP contribution in [0.1, 0.15) is 32.8 Å². The highest BCUT2D eigenvalue weighted by Gasteiger charge is 2.31. The molecule has 0 aliphatic carbocycles. The van der Waals surface area contributed by atoms with Crippen molar-refractivity contribution in [2.75, 3.05) is 43.5 Å². The number of amides is 2. The number of ether oxygens (including phenoxy) is 3. The Bertz CT molecular complexity index is 1190. The normalized spacial score (nSPS) is 13.4. The van der Waals surface area contributed by atoms with E-state index in [1.807, 2.05) is 6.92 Å². The van der Waals surface area contributed by atoms with Gasteiger partial charge in [-0.3, -0.25) is 13.9 Å². The molecule has 0 spiro atoms. The van der Waals surface area contributed by atoms with E-state index in [-0.39, 0.29) is 23.9 Å². The third kappa shape index (κ3) is 7.06. The van der Waals surface area contributed by atoms with Crippen molar-refractivity contribution in [3.8, 4) is 17.2 Å². The second-order valence-electron chi connectivity index (χ2n) is 8.57. The fraction of sp³-hybridized carbons (Fsp3) is 0.462. The number of benzene rings is 2. The van der Waals surface area contributed by atoms with Gasteiger partial charge in [-0.1, -0.05) is 19.1 Å². The van der Waals surface area contributed by atoms with Crippen LogP contribution in [0.3, 0.4) is 0 Å². The Morgan fingerprint density at radius 1 is 1.05 bits per heavy atom. The molecule has 2 aromatic rings. The molecule has 3 rings (SSSR count). The number of rotatable bonds is 12. The van der Waals surface area contributed by atoms with Gasteiger partial charge in [0.15, 0.2) is 11.5 Å². The number of hydrogen-bond acceptors (Lipinski definition) is 7. The molecule has 1 aliphatic rings. The SMILES string of the molecule is CCCNC(=O)C(C)N(Cc1ccc(OC)cc1)C(=O)CN(c1ccc2c(c1)OCCO2)S(=O)(=O)CC. The van der Waals surface area contributed by atoms with Crippen LogP contribution in [0.15, 0.2) is 42.5 Å². The maximum Gasteiger partial charge on any atom is 0.244 e. The van der Waals surface area contributed by atoms with Crippen LogP contribution in [-0.2, 0) is 26.2 Å². The predicted octanol–water partition coefficient (Wildman–Crippen LogP) is 2.57. The zero-order valence-corrected chi connectivity index (χ0v) is 22.5. The van der Waals surface area contributed by atoms with Crippen LogP contribution >= 0.6 is 0 Å². The molecule has 0 saturated carbocycles. The summed E-state index contributed by atoms with van der Waals surface area (Å²) in [6.07, 6.45) is 0.748. The van der Waals surface area contributed by atoms with Crippen LogP contribution in [0.2, 0.25) is 0 Å². The molecule has 202 valence electrons. The van der Waals surface area contributed by atoms with Crippen LogP contribution in [-0.4, -0.2) is 70.3 Å². The molecule has 1 unspecified atom stereocenters. The van der Waals surface area contributed by atoms with Gasteiger partial charge in [0.1, 0.15) is 31.5 Å². The second-order valence-corrected chi connectivity index (χ2v) is 10.8. The molecule has 0 saturated heterocycles. The summed E-state index contributed by atoms with van der Waals surface area (Å²) in [5, 5.41) is 2.82. The summed E-state index contributed by atoms with van der Waals surface area (Å²) in [7, 11) is -2.28. The van der Waals surface area contributed by atoms with Gasteiger partial charge < -0.3 is 24.4 Å². The van der Waals surface area contributed by atoms with E-state index in [4.69, 9.17) is 14.2 Å². The summed E-state index contributed by atoms with van der Waals surface area (Å²) in [6, 6.07) is 11.1. The monoisotopic (exact) mass is 533 g/mol. The average Bonchev–Trinajstić information content (AvgIpc) is 2.92. The smallest absolute Gasteiger partial charge is 0.244 e. The molecule has 0 radical (unpaired) electrons. The van der Waals surface area contributed by atoms with Crippen molar-refractivity contribution in [2.45, 2.75) is 39.8 Å². The lowest BCUT2D eigenvalue weighted by Gasteiger charge is -2.32. The molecule has 1 atom stereocenters. The van der Waals surface area contributed by atoms with Gasteiger partial charge >= 0.3 is 0 Å². The topological polar surface area (TPSA) is 114 Å². The lowest BCUT2D eigenvalue weighted by Crippen LogP contribution is -2.51. The Kier molecular flexibility index (Phi) is 9.62. The number of nitrogens with zero attached hydrogens (tertiary/aromatic N) is 2. The minimum absolute atomic E-state index is 0.116. The van der Waals surface area contributed by atoms with Crippen molar-refractivity contribution in [1.29, 1.82) is 0 Å². The molecule has 0 fully saturated rings. The standard InChI is InChI=1S/C26H35N3O7S/c1-5-13-27-26(31)19(3)28(17-20-7-10-22(34-4)11-8-20)25(30)18-29(37(32,33)6-2)21-9-12-23-24(16-21)36-15-14-35-23/h7-12,16,19H,5-6,13-15,17-18H2,1-4H3,(H,27,31). The summed E-state index contributed by atoms with van der Waals surface area (Å²) in [5.41, 5.74) is 1.06. The fourth-order valence-electron chi connectivity index (χ4n) is 3.81. The quantitative estimate of drug-likeness (QED) is 0.446. The minimum Gasteiger partial charge on any atom is -0.497 e. The van der Waals surface area contributed by atoms with Gasteiger partial charge in [0.05, 0.1) is 18.6 Å². The molecule has 11 heteroatoms. The molecule has 2 amide bonds. The lowest BCUT2D eigenvalue weighted by molar-refractivity contribution is -0.139. The largest absolute Gasteiger partial charge is 0.497 e. The third-order valence-corrected chi connectivity index (χ3v) is 7.76. The van der Waals surface area contributed by atoms with Crippen molar-refractivity contribution in [3.63, 3.8) is 0 Å². The molecule has 1 heterocycles. The summed E-state index contributed by atoms with van der Waals surface area (Å²) < 4.78 is 43.6. The Morgan fingerprint density at radius 2 is 1.73 bits per heavy atom. The predicted molar refractivity (Wildman–Crippen MR) is 141 cm³/mol. The first-order chi connectivity index (χ1) is 17.7. The highest BCUT2D eigenvalue weighted by Crippen LogP contribution is 2.35. The summed E-state index contributed by atoms with van der Waals surface area (Å²) in [4.78, 5) is 27.9. The molecule has 0 bridgehead atoms. The van der Waals surface area contributed by atoms with E-state index >= 15 is 0 Å². The van der Waals surface area contributed by atoms with Crippen LogP contribution < -0.4 is 23.8 Å². The first-order valence-corrected chi connectivity index (χ1v) is 13.9. The number of carbonyl (C=O) groups excluding carboxylic acids is 2. The Hall–Kier alpha value is -3.47. The first-order valence-electron chi connectivity index (χ1n) is 12.3. The van der Waals surface area contributed by atoms with E-state index in [1.54, 1.807) is 56.5 Å². The molecule has 2 aromatic carbocycles. The summed E-state index contributed by atoms with van der Waals surface area (Å²) in [5.74, 6) is 0.552. The molecule has 1 N–H and O–H groups in total. The van der Waals surface area contributed by atoms with E-state index in [0.717, 1.165) is 16.3 Å². The zero-order valence-electron chi connectivity index (χ0n) is 21.7. The number of carbonyl (C=O) groups is 2. The summed E-state index contributed by atoms with van der Waals surface area (Å²) in [6.45, 7) is 5.95. The van der Waals surface area contributed by atoms with Crippen molar-refractivity contribution in [3.05, 3.63) is 48.0 Å². The van der Waals surface area contributed by atoms with Crippen LogP contribution in [0.25, 0.3) is 0 Å². The van der Waals surface area contributed by atoms with Gasteiger partial charge in [-0.05, 0) is 50.1 Å². The first kappa shape index (κ1) is 28.1. The van der Waals surface area contributed by atoms with Crippen molar-refractivity contribution >= 4 is 27.5 Å². The molecular formula is C26H35N3O7S. The number of fused-ring (bicyclic) bond motifs is 1. The molecule has 10 nitrogen and oxygen atoms in total. The maximum atomic E-state index is 13.7. The van der Waals surface area contributed by atoms with E-state index in [9.17, 15) is 18.0 Å². The fourth-order valence-corrected chi connectivity index (χ4v) is 4.87. The average molecular weight is 534 g/mol. The van der Waals surface area contributed by atoms with Crippen LogP contribution in [0, 0.1) is 0 Å². The van der Waals surface area contributed by atoms with Gasteiger partial charge in [-0.2, -0.15) is 0 Å². The second kappa shape index (κ2) is 12.7. The van der Waals surface area contributed by atoms with Crippen LogP contribution in [0.5, 0.6) is 17.2 Å². The van der Waals surface area contributed by atoms with Crippen molar-refractivity contribution < 1.29 is 32.2 Å². The van der Waals surface area contributed by atoms with Gasteiger partial charge in [0, 0.05) is 19.2 Å². The maximum absolute atomic E-state index is 13.7. The number of anilines is 1. The third-order valence-electron chi connectivity index (χ3n) is 6.02. The Balaban J connectivity index is 1.92. The molecule has 37 heavy (non-hydrogen) atoms. The van der Waals surface area contributed by atoms with Gasteiger partial charge in [-0.25, -0.2) is 8.42 Å². The minimum atomic E-state index is -3.84. The Labute approximate surface area is 218 Å². The van der Waals surface area contributed by atoms with E-state index in [1.165, 1.54) is 11.8 Å². The van der Waals surface area contributed by atoms with Gasteiger partial charge in [0.2, 0.25) is 21.8 Å². The van der Waals surface area contributed by atoms with Gasteiger partial charge in [-0.15, -0.1) is 0 Å². The van der Waals surface area contributed by atoms with Gasteiger partial charge in [0.25, 0.3) is 0 Å². The summed E-state index contributed by atoms with van der Waals surface area (Å²) >= 11 is 0. The Morgan fingerprint density at radius 3 is 2.35 bits per heavy atom. The number of hydrogen-bond donors (Lipinski definition) is 1. The number of nitrogens with one attached hydrogen (secondary N) is 1. The van der Waals surface area contributed by atoms with E-state index in [2.05, 4.69) is 5.32 Å². The number of methoxy groups -OCH3 is 1. The lowest BCUT2D eigenvalue weighted by atomic mass is 10.1.